The monoisotopic (exact) mass is 419 g/mol. The van der Waals surface area contributed by atoms with Crippen LogP contribution in [-0.4, -0.2) is 4.92 Å². The van der Waals surface area contributed by atoms with E-state index in [1.807, 2.05) is 0 Å². The van der Waals surface area contributed by atoms with Gasteiger partial charge < -0.3 is 0 Å². The number of hydrogen-bond acceptors (Lipinski definition) is 2. The van der Waals surface area contributed by atoms with Gasteiger partial charge >= 0.3 is 10.2 Å². The molecule has 1 aromatic carbocycles. The smallest absolute Gasteiger partial charge is 0.258 e. The number of nitro groups is 1. The number of non-ortho nitro benzene ring substituents is 1. The highest BCUT2D eigenvalue weighted by Crippen LogP contribution is 3.02. The average molecular weight is 421 g/mol. The fourth-order valence-corrected chi connectivity index (χ4v) is 3.23. The van der Waals surface area contributed by atoms with Gasteiger partial charge in [-0.2, -0.15) is 0 Å². The molecular formula is C7H4Br2F5NO2S. The van der Waals surface area contributed by atoms with Gasteiger partial charge in [0.05, 0.1) is 8.66 Å². The van der Waals surface area contributed by atoms with E-state index >= 15 is 0 Å². The number of nitro benzene ring substituents is 1. The highest BCUT2D eigenvalue weighted by atomic mass is 79.9. The summed E-state index contributed by atoms with van der Waals surface area (Å²) in [4.78, 5) is 6.91. The summed E-state index contributed by atoms with van der Waals surface area (Å²) in [5.74, 6) is 0. The molecule has 0 radical (unpaired) electrons. The van der Waals surface area contributed by atoms with Crippen LogP contribution in [0.4, 0.5) is 25.1 Å². The van der Waals surface area contributed by atoms with Crippen molar-refractivity contribution in [2.45, 2.75) is 8.63 Å². The molecule has 1 rings (SSSR count). The zero-order valence-corrected chi connectivity index (χ0v) is 12.1. The Balaban J connectivity index is 3.69. The maximum atomic E-state index is 12.7. The topological polar surface area (TPSA) is 43.1 Å². The van der Waals surface area contributed by atoms with Gasteiger partial charge in [-0.05, 0) is 11.6 Å². The van der Waals surface area contributed by atoms with Crippen molar-refractivity contribution in [1.82, 2.24) is 0 Å². The Morgan fingerprint density at radius 2 is 1.67 bits per heavy atom. The van der Waals surface area contributed by atoms with E-state index in [2.05, 4.69) is 31.9 Å². The van der Waals surface area contributed by atoms with Crippen molar-refractivity contribution in [3.8, 4) is 0 Å². The van der Waals surface area contributed by atoms with Gasteiger partial charge in [0.25, 0.3) is 5.69 Å². The van der Waals surface area contributed by atoms with Gasteiger partial charge in [-0.15, -0.1) is 0 Å². The Kier molecular flexibility index (Phi) is 3.29. The summed E-state index contributed by atoms with van der Waals surface area (Å²) >= 11 is 5.34. The fraction of sp³-hybridized carbons (Fsp3) is 0.143. The molecule has 18 heavy (non-hydrogen) atoms. The molecule has 0 N–H and O–H groups in total. The first-order chi connectivity index (χ1) is 7.72. The maximum Gasteiger partial charge on any atom is 0.311 e. The van der Waals surface area contributed by atoms with Gasteiger partial charge in [-0.25, -0.2) is 0 Å². The van der Waals surface area contributed by atoms with Crippen molar-refractivity contribution in [2.24, 2.45) is 0 Å². The Hall–Kier alpha value is -0.420. The molecule has 3 nitrogen and oxygen atoms in total. The van der Waals surface area contributed by atoms with Crippen molar-refractivity contribution < 1.29 is 24.4 Å². The second-order valence-electron chi connectivity index (χ2n) is 3.25. The van der Waals surface area contributed by atoms with E-state index in [-0.39, 0.29) is 6.07 Å². The molecule has 11 heteroatoms. The van der Waals surface area contributed by atoms with E-state index in [4.69, 9.17) is 0 Å². The molecular weight excluding hydrogens is 417 g/mol. The lowest BCUT2D eigenvalue weighted by Crippen LogP contribution is -2.10. The minimum absolute atomic E-state index is 0.160. The molecule has 0 amide bonds. The first-order valence-electron chi connectivity index (χ1n) is 4.03. The molecule has 0 saturated heterocycles. The summed E-state index contributed by atoms with van der Waals surface area (Å²) in [5, 5.41) is 10.4. The second kappa shape index (κ2) is 3.79. The van der Waals surface area contributed by atoms with Gasteiger partial charge in [-0.1, -0.05) is 51.3 Å². The quantitative estimate of drug-likeness (QED) is 0.259. The van der Waals surface area contributed by atoms with Crippen LogP contribution >= 0.6 is 42.1 Å². The van der Waals surface area contributed by atoms with Crippen LogP contribution in [0.15, 0.2) is 23.1 Å². The molecule has 0 atom stereocenters. The van der Waals surface area contributed by atoms with E-state index < -0.39 is 35.0 Å². The minimum Gasteiger partial charge on any atom is -0.258 e. The van der Waals surface area contributed by atoms with E-state index in [0.717, 1.165) is 6.07 Å². The Morgan fingerprint density at radius 3 is 2.00 bits per heavy atom. The van der Waals surface area contributed by atoms with Crippen LogP contribution in [0.5, 0.6) is 0 Å². The number of benzene rings is 1. The van der Waals surface area contributed by atoms with Crippen molar-refractivity contribution in [3.63, 3.8) is 0 Å². The van der Waals surface area contributed by atoms with Crippen LogP contribution in [0.1, 0.15) is 9.30 Å². The average Bonchev–Trinajstić information content (AvgIpc) is 2.13. The summed E-state index contributed by atoms with van der Waals surface area (Å²) in [5.41, 5.74) is -1.87. The highest BCUT2D eigenvalue weighted by Gasteiger charge is 2.67. The maximum absolute atomic E-state index is 12.7. The zero-order valence-electron chi connectivity index (χ0n) is 8.13. The third kappa shape index (κ3) is 3.54. The summed E-state index contributed by atoms with van der Waals surface area (Å²) in [6.45, 7) is 0. The Labute approximate surface area is 114 Å². The summed E-state index contributed by atoms with van der Waals surface area (Å²) < 4.78 is 62.5. The predicted molar refractivity (Wildman–Crippen MR) is 65.1 cm³/mol. The highest BCUT2D eigenvalue weighted by molar-refractivity contribution is 9.24. The van der Waals surface area contributed by atoms with Gasteiger partial charge in [0.15, 0.2) is 0 Å². The van der Waals surface area contributed by atoms with Crippen molar-refractivity contribution in [2.75, 3.05) is 0 Å². The zero-order chi connectivity index (χ0) is 14.4. The van der Waals surface area contributed by atoms with E-state index in [9.17, 15) is 29.5 Å². The number of hydrogen-bond donors (Lipinski definition) is 0. The molecule has 0 bridgehead atoms. The van der Waals surface area contributed by atoms with Gasteiger partial charge in [-0.3, -0.25) is 10.1 Å². The summed E-state index contributed by atoms with van der Waals surface area (Å²) in [6.07, 6.45) is 0. The van der Waals surface area contributed by atoms with Crippen molar-refractivity contribution in [3.05, 3.63) is 33.9 Å². The molecule has 0 saturated carbocycles. The molecule has 0 aromatic heterocycles. The van der Waals surface area contributed by atoms with Crippen LogP contribution < -0.4 is 0 Å². The summed E-state index contributed by atoms with van der Waals surface area (Å²) in [7, 11) is -10.00. The lowest BCUT2D eigenvalue weighted by Gasteiger charge is -2.41. The molecule has 0 fully saturated rings. The number of rotatable bonds is 3. The van der Waals surface area contributed by atoms with E-state index in [1.54, 1.807) is 0 Å². The summed E-state index contributed by atoms with van der Waals surface area (Å²) in [6, 6.07) is 1.18. The molecule has 0 aliphatic heterocycles. The van der Waals surface area contributed by atoms with Crippen LogP contribution in [0, 0.1) is 10.1 Å². The van der Waals surface area contributed by atoms with Gasteiger partial charge in [0, 0.05) is 12.1 Å². The number of nitrogens with zero attached hydrogens (tertiary/aromatic N) is 1. The standard InChI is InChI=1S/C7H4Br2F5NO2S/c8-7(9)5-2-1-4(15(16)17)3-6(5)18(10,11,12,13)14/h1-3,7H. The van der Waals surface area contributed by atoms with Crippen LogP contribution in [-0.2, 0) is 0 Å². The number of halogens is 7. The minimum atomic E-state index is -10.00. The Morgan fingerprint density at radius 1 is 1.17 bits per heavy atom. The molecule has 0 aliphatic rings. The number of alkyl halides is 2. The third-order valence-corrected chi connectivity index (χ3v) is 4.03. The Bertz CT molecular complexity index is 518. The molecule has 0 unspecified atom stereocenters. The predicted octanol–water partition coefficient (Wildman–Crippen LogP) is 6.04. The SMILES string of the molecule is O=[N+]([O-])c1ccc(C(Br)Br)c(S(F)(F)(F)(F)F)c1. The fourth-order valence-electron chi connectivity index (χ4n) is 1.15. The molecule has 0 heterocycles. The molecule has 0 spiro atoms. The van der Waals surface area contributed by atoms with Crippen LogP contribution in [0.25, 0.3) is 0 Å². The largest absolute Gasteiger partial charge is 0.311 e. The lowest BCUT2D eigenvalue weighted by atomic mass is 10.2. The molecule has 104 valence electrons. The normalized spacial score (nSPS) is 16.2. The molecule has 1 aromatic rings. The van der Waals surface area contributed by atoms with Gasteiger partial charge in [0.1, 0.15) is 4.90 Å². The lowest BCUT2D eigenvalue weighted by molar-refractivity contribution is -0.385. The van der Waals surface area contributed by atoms with Crippen molar-refractivity contribution >= 4 is 47.8 Å². The van der Waals surface area contributed by atoms with Crippen molar-refractivity contribution in [1.29, 1.82) is 0 Å². The molecule has 0 aliphatic carbocycles. The van der Waals surface area contributed by atoms with E-state index in [1.165, 1.54) is 0 Å². The second-order valence-corrected chi connectivity index (χ2v) is 8.69. The van der Waals surface area contributed by atoms with Gasteiger partial charge in [0.2, 0.25) is 0 Å². The third-order valence-electron chi connectivity index (χ3n) is 1.86. The first kappa shape index (κ1) is 15.6. The van der Waals surface area contributed by atoms with E-state index in [0.29, 0.717) is 6.07 Å². The first-order valence-corrected chi connectivity index (χ1v) is 7.81. The van der Waals surface area contributed by atoms with Crippen LogP contribution in [0.2, 0.25) is 0 Å². The van der Waals surface area contributed by atoms with Crippen LogP contribution in [0.3, 0.4) is 0 Å².